The van der Waals surface area contributed by atoms with Crippen LogP contribution < -0.4 is 10.6 Å². The molecule has 2 aromatic heterocycles. The fourth-order valence-electron chi connectivity index (χ4n) is 2.88. The monoisotopic (exact) mass is 383 g/mol. The molecule has 7 heteroatoms. The van der Waals surface area contributed by atoms with E-state index in [4.69, 9.17) is 0 Å². The van der Waals surface area contributed by atoms with Crippen molar-refractivity contribution >= 4 is 39.8 Å². The number of nitrogens with one attached hydrogen (secondary N) is 2. The van der Waals surface area contributed by atoms with E-state index in [9.17, 15) is 9.59 Å². The van der Waals surface area contributed by atoms with Crippen LogP contribution in [0.4, 0.5) is 17.2 Å². The Morgan fingerprint density at radius 1 is 0.897 bits per heavy atom. The molecule has 0 aliphatic rings. The van der Waals surface area contributed by atoms with E-state index in [1.807, 2.05) is 30.3 Å². The summed E-state index contributed by atoms with van der Waals surface area (Å²) < 4.78 is 0. The van der Waals surface area contributed by atoms with Gasteiger partial charge in [0.25, 0.3) is 5.91 Å². The summed E-state index contributed by atoms with van der Waals surface area (Å²) in [5, 5.41) is 14.9. The van der Waals surface area contributed by atoms with Gasteiger partial charge in [-0.2, -0.15) is 0 Å². The van der Waals surface area contributed by atoms with Gasteiger partial charge in [0.05, 0.1) is 11.2 Å². The maximum Gasteiger partial charge on any atom is 0.276 e. The lowest BCUT2D eigenvalue weighted by Crippen LogP contribution is -2.15. The maximum absolute atomic E-state index is 12.5. The number of nitrogens with zero attached hydrogens (tertiary/aromatic N) is 3. The van der Waals surface area contributed by atoms with E-state index >= 15 is 0 Å². The number of fused-ring (bicyclic) bond motifs is 1. The lowest BCUT2D eigenvalue weighted by atomic mass is 10.1. The Kier molecular flexibility index (Phi) is 4.94. The SMILES string of the molecule is CC(=O)c1cccc(Nc2ccc(C(=O)Nc3cccc4cccnc34)nn2)c1. The number of benzene rings is 2. The summed E-state index contributed by atoms with van der Waals surface area (Å²) in [6.45, 7) is 1.51. The van der Waals surface area contributed by atoms with Gasteiger partial charge in [-0.1, -0.05) is 30.3 Å². The first kappa shape index (κ1) is 18.2. The standard InChI is InChI=1S/C22H17N5O2/c1-14(28)16-6-2-8-17(13-16)24-20-11-10-19(26-27-20)22(29)25-18-9-3-5-15-7-4-12-23-21(15)18/h2-13H,1H3,(H,24,27)(H,25,29). The van der Waals surface area contributed by atoms with Gasteiger partial charge in [-0.05, 0) is 43.3 Å². The number of hydrogen-bond acceptors (Lipinski definition) is 6. The summed E-state index contributed by atoms with van der Waals surface area (Å²) in [5.41, 5.74) is 2.81. The van der Waals surface area contributed by atoms with Gasteiger partial charge in [-0.25, -0.2) is 0 Å². The predicted molar refractivity (Wildman–Crippen MR) is 111 cm³/mol. The van der Waals surface area contributed by atoms with E-state index in [0.29, 0.717) is 28.3 Å². The van der Waals surface area contributed by atoms with Crippen molar-refractivity contribution < 1.29 is 9.59 Å². The second kappa shape index (κ2) is 7.85. The lowest BCUT2D eigenvalue weighted by Gasteiger charge is -2.08. The van der Waals surface area contributed by atoms with Crippen molar-refractivity contribution in [1.29, 1.82) is 0 Å². The van der Waals surface area contributed by atoms with Crippen LogP contribution in [-0.2, 0) is 0 Å². The Hall–Kier alpha value is -4.13. The molecule has 0 atom stereocenters. The largest absolute Gasteiger partial charge is 0.339 e. The molecule has 0 fully saturated rings. The summed E-state index contributed by atoms with van der Waals surface area (Å²) in [7, 11) is 0. The molecule has 0 radical (unpaired) electrons. The van der Waals surface area contributed by atoms with Crippen LogP contribution in [-0.4, -0.2) is 26.9 Å². The summed E-state index contributed by atoms with van der Waals surface area (Å²) in [6, 6.07) is 19.7. The molecule has 2 N–H and O–H groups in total. The van der Waals surface area contributed by atoms with Gasteiger partial charge >= 0.3 is 0 Å². The van der Waals surface area contributed by atoms with Crippen LogP contribution in [0.3, 0.4) is 0 Å². The summed E-state index contributed by atoms with van der Waals surface area (Å²) >= 11 is 0. The van der Waals surface area contributed by atoms with Crippen LogP contribution in [0, 0.1) is 0 Å². The zero-order chi connectivity index (χ0) is 20.2. The zero-order valence-electron chi connectivity index (χ0n) is 15.6. The molecular weight excluding hydrogens is 366 g/mol. The van der Waals surface area contributed by atoms with Gasteiger partial charge < -0.3 is 10.6 Å². The smallest absolute Gasteiger partial charge is 0.276 e. The number of anilines is 3. The molecule has 2 aromatic carbocycles. The number of amides is 1. The number of Topliss-reactive ketones (excluding diaryl/α,β-unsaturated/α-hetero) is 1. The number of ketones is 1. The molecule has 0 saturated carbocycles. The zero-order valence-corrected chi connectivity index (χ0v) is 15.6. The van der Waals surface area contributed by atoms with E-state index in [2.05, 4.69) is 25.8 Å². The van der Waals surface area contributed by atoms with E-state index in [-0.39, 0.29) is 17.4 Å². The summed E-state index contributed by atoms with van der Waals surface area (Å²) in [4.78, 5) is 28.4. The van der Waals surface area contributed by atoms with Crippen molar-refractivity contribution in [2.45, 2.75) is 6.92 Å². The van der Waals surface area contributed by atoms with Gasteiger partial charge in [-0.15, -0.1) is 10.2 Å². The molecule has 1 amide bonds. The van der Waals surface area contributed by atoms with E-state index in [1.165, 1.54) is 6.92 Å². The molecule has 0 aliphatic heterocycles. The fourth-order valence-corrected chi connectivity index (χ4v) is 2.88. The third-order valence-electron chi connectivity index (χ3n) is 4.32. The van der Waals surface area contributed by atoms with Gasteiger partial charge in [0, 0.05) is 22.8 Å². The molecule has 0 bridgehead atoms. The van der Waals surface area contributed by atoms with Crippen LogP contribution in [0.25, 0.3) is 10.9 Å². The highest BCUT2D eigenvalue weighted by atomic mass is 16.2. The summed E-state index contributed by atoms with van der Waals surface area (Å²) in [5.74, 6) is 0.0736. The summed E-state index contributed by atoms with van der Waals surface area (Å²) in [6.07, 6.45) is 1.68. The molecule has 7 nitrogen and oxygen atoms in total. The van der Waals surface area contributed by atoms with E-state index in [1.54, 1.807) is 42.6 Å². The molecule has 29 heavy (non-hydrogen) atoms. The maximum atomic E-state index is 12.5. The van der Waals surface area contributed by atoms with Gasteiger partial charge in [0.15, 0.2) is 17.3 Å². The topological polar surface area (TPSA) is 96.9 Å². The quantitative estimate of drug-likeness (QED) is 0.501. The number of aromatic nitrogens is 3. The second-order valence-corrected chi connectivity index (χ2v) is 6.40. The first-order valence-electron chi connectivity index (χ1n) is 8.97. The Morgan fingerprint density at radius 3 is 2.52 bits per heavy atom. The Labute approximate surface area is 166 Å². The molecule has 4 rings (SSSR count). The molecule has 0 spiro atoms. The normalized spacial score (nSPS) is 10.5. The Balaban J connectivity index is 1.49. The van der Waals surface area contributed by atoms with Crippen LogP contribution in [0.15, 0.2) is 72.9 Å². The van der Waals surface area contributed by atoms with Crippen molar-refractivity contribution in [3.63, 3.8) is 0 Å². The molecule has 0 saturated heterocycles. The van der Waals surface area contributed by atoms with E-state index in [0.717, 1.165) is 5.39 Å². The van der Waals surface area contributed by atoms with Crippen molar-refractivity contribution in [2.24, 2.45) is 0 Å². The van der Waals surface area contributed by atoms with Gasteiger partial charge in [0.2, 0.25) is 0 Å². The van der Waals surface area contributed by atoms with Gasteiger partial charge in [0.1, 0.15) is 0 Å². The minimum atomic E-state index is -0.374. The highest BCUT2D eigenvalue weighted by molar-refractivity contribution is 6.07. The van der Waals surface area contributed by atoms with Crippen LogP contribution in [0.2, 0.25) is 0 Å². The lowest BCUT2D eigenvalue weighted by molar-refractivity contribution is 0.101. The van der Waals surface area contributed by atoms with Crippen LogP contribution in [0.1, 0.15) is 27.8 Å². The average Bonchev–Trinajstić information content (AvgIpc) is 2.75. The number of pyridine rings is 1. The first-order chi connectivity index (χ1) is 14.1. The third-order valence-corrected chi connectivity index (χ3v) is 4.32. The highest BCUT2D eigenvalue weighted by Crippen LogP contribution is 2.21. The number of rotatable bonds is 5. The van der Waals surface area contributed by atoms with Gasteiger partial charge in [-0.3, -0.25) is 14.6 Å². The number of carbonyl (C=O) groups is 2. The molecule has 4 aromatic rings. The highest BCUT2D eigenvalue weighted by Gasteiger charge is 2.11. The molecule has 0 unspecified atom stereocenters. The second-order valence-electron chi connectivity index (χ2n) is 6.40. The van der Waals surface area contributed by atoms with Crippen molar-refractivity contribution in [3.8, 4) is 0 Å². The number of para-hydroxylation sites is 1. The Bertz CT molecular complexity index is 1200. The molecular formula is C22H17N5O2. The number of carbonyl (C=O) groups excluding carboxylic acids is 2. The minimum Gasteiger partial charge on any atom is -0.339 e. The number of hydrogen-bond donors (Lipinski definition) is 2. The Morgan fingerprint density at radius 2 is 1.72 bits per heavy atom. The van der Waals surface area contributed by atoms with Crippen molar-refractivity contribution in [3.05, 3.63) is 84.2 Å². The first-order valence-corrected chi connectivity index (χ1v) is 8.97. The van der Waals surface area contributed by atoms with Crippen LogP contribution >= 0.6 is 0 Å². The predicted octanol–water partition coefficient (Wildman–Crippen LogP) is 4.22. The van der Waals surface area contributed by atoms with Crippen molar-refractivity contribution in [2.75, 3.05) is 10.6 Å². The fraction of sp³-hybridized carbons (Fsp3) is 0.0455. The van der Waals surface area contributed by atoms with Crippen molar-refractivity contribution in [1.82, 2.24) is 15.2 Å². The van der Waals surface area contributed by atoms with Crippen LogP contribution in [0.5, 0.6) is 0 Å². The molecule has 2 heterocycles. The average molecular weight is 383 g/mol. The minimum absolute atomic E-state index is 0.0188. The van der Waals surface area contributed by atoms with E-state index < -0.39 is 0 Å². The molecule has 142 valence electrons. The molecule has 0 aliphatic carbocycles. The third kappa shape index (κ3) is 4.08.